The van der Waals surface area contributed by atoms with Gasteiger partial charge in [0.25, 0.3) is 0 Å². The fourth-order valence-corrected chi connectivity index (χ4v) is 2.06. The molecule has 2 unspecified atom stereocenters. The fourth-order valence-electron chi connectivity index (χ4n) is 1.68. The predicted octanol–water partition coefficient (Wildman–Crippen LogP) is 2.00. The van der Waals surface area contributed by atoms with Crippen LogP contribution >= 0.6 is 15.9 Å². The topological polar surface area (TPSA) is 44.5 Å². The Hall–Kier alpha value is -0.490. The van der Waals surface area contributed by atoms with Gasteiger partial charge in [-0.25, -0.2) is 4.39 Å². The Morgan fingerprint density at radius 3 is 2.94 bits per heavy atom. The van der Waals surface area contributed by atoms with Crippen LogP contribution in [0.25, 0.3) is 0 Å². The Kier molecular flexibility index (Phi) is 3.91. The van der Waals surface area contributed by atoms with Gasteiger partial charge in [-0.05, 0) is 18.2 Å². The van der Waals surface area contributed by atoms with E-state index in [9.17, 15) is 4.39 Å². The Morgan fingerprint density at radius 2 is 2.25 bits per heavy atom. The van der Waals surface area contributed by atoms with Crippen molar-refractivity contribution in [3.63, 3.8) is 0 Å². The molecule has 1 heterocycles. The first kappa shape index (κ1) is 12.0. The Labute approximate surface area is 102 Å². The minimum atomic E-state index is -0.502. The first-order chi connectivity index (χ1) is 7.68. The molecule has 1 saturated heterocycles. The van der Waals surface area contributed by atoms with E-state index in [1.54, 1.807) is 12.1 Å². The van der Waals surface area contributed by atoms with Crippen LogP contribution in [0.3, 0.4) is 0 Å². The molecule has 5 heteroatoms. The highest BCUT2D eigenvalue weighted by molar-refractivity contribution is 9.10. The molecule has 1 aromatic carbocycles. The maximum absolute atomic E-state index is 13.6. The lowest BCUT2D eigenvalue weighted by Gasteiger charge is -2.28. The molecule has 2 N–H and O–H groups in total. The molecule has 2 rings (SSSR count). The molecule has 88 valence electrons. The van der Waals surface area contributed by atoms with E-state index in [-0.39, 0.29) is 11.9 Å². The van der Waals surface area contributed by atoms with Crippen molar-refractivity contribution in [2.75, 3.05) is 19.8 Å². The van der Waals surface area contributed by atoms with Crippen molar-refractivity contribution in [1.82, 2.24) is 0 Å². The summed E-state index contributed by atoms with van der Waals surface area (Å²) in [7, 11) is 0. The Bertz CT molecular complexity index is 369. The van der Waals surface area contributed by atoms with Crippen LogP contribution < -0.4 is 5.73 Å². The van der Waals surface area contributed by atoms with Crippen LogP contribution in [-0.2, 0) is 9.47 Å². The number of nitrogens with two attached hydrogens (primary N) is 1. The quantitative estimate of drug-likeness (QED) is 0.906. The third kappa shape index (κ3) is 2.60. The van der Waals surface area contributed by atoms with Gasteiger partial charge >= 0.3 is 0 Å². The summed E-state index contributed by atoms with van der Waals surface area (Å²) >= 11 is 3.29. The second kappa shape index (κ2) is 5.23. The lowest BCUT2D eigenvalue weighted by molar-refractivity contribution is -0.0978. The Balaban J connectivity index is 2.18. The molecule has 1 aromatic rings. The Morgan fingerprint density at radius 1 is 1.44 bits per heavy atom. The van der Waals surface area contributed by atoms with E-state index in [4.69, 9.17) is 15.2 Å². The molecule has 1 aliphatic rings. The zero-order valence-corrected chi connectivity index (χ0v) is 10.2. The average molecular weight is 290 g/mol. The molecular formula is C11H13BrFNO2. The molecule has 1 aliphatic heterocycles. The molecule has 0 radical (unpaired) electrons. The fraction of sp³-hybridized carbons (Fsp3) is 0.455. The summed E-state index contributed by atoms with van der Waals surface area (Å²) in [6.07, 6.45) is -0.280. The van der Waals surface area contributed by atoms with E-state index < -0.39 is 6.04 Å². The van der Waals surface area contributed by atoms with E-state index >= 15 is 0 Å². The zero-order valence-electron chi connectivity index (χ0n) is 8.66. The number of halogens is 2. The van der Waals surface area contributed by atoms with E-state index in [1.807, 2.05) is 0 Å². The predicted molar refractivity (Wildman–Crippen MR) is 61.6 cm³/mol. The third-order valence-electron chi connectivity index (χ3n) is 2.56. The van der Waals surface area contributed by atoms with Crippen molar-refractivity contribution >= 4 is 15.9 Å². The molecule has 0 spiro atoms. The van der Waals surface area contributed by atoms with Gasteiger partial charge in [0.05, 0.1) is 25.9 Å². The highest BCUT2D eigenvalue weighted by atomic mass is 79.9. The summed E-state index contributed by atoms with van der Waals surface area (Å²) in [5.41, 5.74) is 6.42. The molecule has 16 heavy (non-hydrogen) atoms. The molecule has 0 saturated carbocycles. The normalized spacial score (nSPS) is 23.1. The van der Waals surface area contributed by atoms with E-state index in [0.29, 0.717) is 25.4 Å². The molecule has 0 aliphatic carbocycles. The van der Waals surface area contributed by atoms with E-state index in [0.717, 1.165) is 4.47 Å². The lowest BCUT2D eigenvalue weighted by atomic mass is 10.0. The van der Waals surface area contributed by atoms with E-state index in [1.165, 1.54) is 6.07 Å². The van der Waals surface area contributed by atoms with Crippen LogP contribution in [0.2, 0.25) is 0 Å². The summed E-state index contributed by atoms with van der Waals surface area (Å²) in [4.78, 5) is 0. The van der Waals surface area contributed by atoms with Crippen molar-refractivity contribution in [3.05, 3.63) is 34.1 Å². The van der Waals surface area contributed by atoms with Crippen LogP contribution in [0, 0.1) is 5.82 Å². The number of ether oxygens (including phenoxy) is 2. The average Bonchev–Trinajstić information content (AvgIpc) is 2.32. The van der Waals surface area contributed by atoms with Crippen LogP contribution in [0.1, 0.15) is 11.6 Å². The first-order valence-corrected chi connectivity index (χ1v) is 5.87. The third-order valence-corrected chi connectivity index (χ3v) is 3.05. The van der Waals surface area contributed by atoms with Crippen molar-refractivity contribution in [2.45, 2.75) is 12.1 Å². The highest BCUT2D eigenvalue weighted by Gasteiger charge is 2.25. The molecule has 0 amide bonds. The summed E-state index contributed by atoms with van der Waals surface area (Å²) in [5, 5.41) is 0. The van der Waals surface area contributed by atoms with Gasteiger partial charge in [-0.3, -0.25) is 0 Å². The van der Waals surface area contributed by atoms with Crippen molar-refractivity contribution in [3.8, 4) is 0 Å². The number of rotatable bonds is 2. The molecule has 1 fully saturated rings. The summed E-state index contributed by atoms with van der Waals surface area (Å²) < 4.78 is 25.1. The second-order valence-corrected chi connectivity index (χ2v) is 4.59. The SMILES string of the molecule is NC(c1cc(Br)ccc1F)C1COCCO1. The minimum absolute atomic E-state index is 0.280. The summed E-state index contributed by atoms with van der Waals surface area (Å²) in [5.74, 6) is -0.315. The maximum Gasteiger partial charge on any atom is 0.128 e. The van der Waals surface area contributed by atoms with Crippen molar-refractivity contribution < 1.29 is 13.9 Å². The standard InChI is InChI=1S/C11H13BrFNO2/c12-7-1-2-9(13)8(5-7)11(14)10-6-15-3-4-16-10/h1-2,5,10-11H,3-4,6,14H2. The first-order valence-electron chi connectivity index (χ1n) is 5.08. The van der Waals surface area contributed by atoms with Gasteiger partial charge in [0.15, 0.2) is 0 Å². The van der Waals surface area contributed by atoms with Crippen LogP contribution in [0.15, 0.2) is 22.7 Å². The van der Waals surface area contributed by atoms with Gasteiger partial charge < -0.3 is 15.2 Å². The largest absolute Gasteiger partial charge is 0.376 e. The van der Waals surface area contributed by atoms with Crippen LogP contribution in [0.5, 0.6) is 0 Å². The van der Waals surface area contributed by atoms with Crippen LogP contribution in [-0.4, -0.2) is 25.9 Å². The summed E-state index contributed by atoms with van der Waals surface area (Å²) in [6, 6.07) is 4.21. The van der Waals surface area contributed by atoms with Gasteiger partial charge in [0.1, 0.15) is 11.9 Å². The monoisotopic (exact) mass is 289 g/mol. The molecule has 3 nitrogen and oxygen atoms in total. The lowest BCUT2D eigenvalue weighted by Crippen LogP contribution is -2.38. The zero-order chi connectivity index (χ0) is 11.5. The van der Waals surface area contributed by atoms with Crippen molar-refractivity contribution in [2.24, 2.45) is 5.73 Å². The maximum atomic E-state index is 13.6. The minimum Gasteiger partial charge on any atom is -0.376 e. The van der Waals surface area contributed by atoms with Crippen molar-refractivity contribution in [1.29, 1.82) is 0 Å². The number of hydrogen-bond acceptors (Lipinski definition) is 3. The number of benzene rings is 1. The number of hydrogen-bond donors (Lipinski definition) is 1. The molecule has 0 bridgehead atoms. The smallest absolute Gasteiger partial charge is 0.128 e. The van der Waals surface area contributed by atoms with Gasteiger partial charge in [-0.15, -0.1) is 0 Å². The molecule has 0 aromatic heterocycles. The van der Waals surface area contributed by atoms with Gasteiger partial charge in [-0.1, -0.05) is 15.9 Å². The van der Waals surface area contributed by atoms with Gasteiger partial charge in [-0.2, -0.15) is 0 Å². The van der Waals surface area contributed by atoms with E-state index in [2.05, 4.69) is 15.9 Å². The summed E-state index contributed by atoms with van der Waals surface area (Å²) in [6.45, 7) is 1.49. The molecule has 2 atom stereocenters. The highest BCUT2D eigenvalue weighted by Crippen LogP contribution is 2.24. The second-order valence-electron chi connectivity index (χ2n) is 3.68. The molecular weight excluding hydrogens is 277 g/mol. The van der Waals surface area contributed by atoms with Crippen LogP contribution in [0.4, 0.5) is 4.39 Å². The van der Waals surface area contributed by atoms with Gasteiger partial charge in [0.2, 0.25) is 0 Å². The van der Waals surface area contributed by atoms with Gasteiger partial charge in [0, 0.05) is 10.0 Å².